The van der Waals surface area contributed by atoms with Crippen LogP contribution in [0.4, 0.5) is 24.5 Å². The number of anilines is 2. The maximum atomic E-state index is 13.6. The maximum Gasteiger partial charge on any atom is 0.416 e. The van der Waals surface area contributed by atoms with Crippen molar-refractivity contribution in [2.75, 3.05) is 17.1 Å². The molecule has 3 aromatic carbocycles. The molecule has 6 nitrogen and oxygen atoms in total. The number of ether oxygens (including phenoxy) is 1. The number of fused-ring (bicyclic) bond motifs is 1. The molecule has 2 heterocycles. The average molecular weight is 503 g/mol. The first-order valence-electron chi connectivity index (χ1n) is 10.6. The number of nitrogens with zero attached hydrogens (tertiary/aromatic N) is 2. The monoisotopic (exact) mass is 502 g/mol. The van der Waals surface area contributed by atoms with E-state index in [1.54, 1.807) is 48.5 Å². The number of alkyl halides is 3. The van der Waals surface area contributed by atoms with Gasteiger partial charge >= 0.3 is 6.18 Å². The van der Waals surface area contributed by atoms with Gasteiger partial charge in [0.1, 0.15) is 11.7 Å². The minimum Gasteiger partial charge on any atom is -0.497 e. The van der Waals surface area contributed by atoms with Gasteiger partial charge in [0.15, 0.2) is 6.10 Å². The summed E-state index contributed by atoms with van der Waals surface area (Å²) in [7, 11) is 1.50. The van der Waals surface area contributed by atoms with Crippen LogP contribution in [0.3, 0.4) is 0 Å². The standard InChI is InChI=1S/C25H18ClF3N2O4/c1-34-19-12-10-17(11-13-19)30-23(32)20-21(14-2-4-15(5-3-14)25(27,28)29)31(35-22(20)24(30)33)18-8-6-16(26)7-9-18/h2-13,20-22H,1H3/t20-,21-,22-/m1/s1. The Morgan fingerprint density at radius 3 is 2.03 bits per heavy atom. The Kier molecular flexibility index (Phi) is 5.69. The predicted octanol–water partition coefficient (Wildman–Crippen LogP) is 5.42. The van der Waals surface area contributed by atoms with Gasteiger partial charge in [-0.3, -0.25) is 14.4 Å². The first-order valence-corrected chi connectivity index (χ1v) is 11.0. The van der Waals surface area contributed by atoms with Gasteiger partial charge in [-0.05, 0) is 66.2 Å². The van der Waals surface area contributed by atoms with E-state index in [0.29, 0.717) is 27.7 Å². The van der Waals surface area contributed by atoms with Gasteiger partial charge in [0.2, 0.25) is 5.91 Å². The third kappa shape index (κ3) is 4.00. The topological polar surface area (TPSA) is 59.1 Å². The summed E-state index contributed by atoms with van der Waals surface area (Å²) < 4.78 is 44.5. The first kappa shape index (κ1) is 23.2. The fourth-order valence-electron chi connectivity index (χ4n) is 4.42. The van der Waals surface area contributed by atoms with Crippen LogP contribution in [0.5, 0.6) is 5.75 Å². The average Bonchev–Trinajstić information content (AvgIpc) is 3.35. The molecule has 2 saturated heterocycles. The molecular weight excluding hydrogens is 485 g/mol. The number of imide groups is 1. The van der Waals surface area contributed by atoms with E-state index in [9.17, 15) is 22.8 Å². The molecule has 0 unspecified atom stereocenters. The third-order valence-electron chi connectivity index (χ3n) is 6.11. The summed E-state index contributed by atoms with van der Waals surface area (Å²) in [4.78, 5) is 33.9. The number of carbonyl (C=O) groups excluding carboxylic acids is 2. The van der Waals surface area contributed by atoms with E-state index < -0.39 is 41.6 Å². The Morgan fingerprint density at radius 1 is 0.857 bits per heavy atom. The fourth-order valence-corrected chi connectivity index (χ4v) is 4.55. The number of amides is 2. The Bertz CT molecular complexity index is 1260. The molecule has 2 amide bonds. The molecule has 5 rings (SSSR count). The summed E-state index contributed by atoms with van der Waals surface area (Å²) in [5.41, 5.74) is 0.440. The van der Waals surface area contributed by atoms with E-state index in [1.165, 1.54) is 24.3 Å². The van der Waals surface area contributed by atoms with Crippen LogP contribution in [0.15, 0.2) is 72.8 Å². The van der Waals surface area contributed by atoms with Gasteiger partial charge in [-0.25, -0.2) is 9.96 Å². The lowest BCUT2D eigenvalue weighted by Gasteiger charge is -2.29. The molecule has 180 valence electrons. The van der Waals surface area contributed by atoms with Crippen molar-refractivity contribution in [3.05, 3.63) is 88.9 Å². The number of hydrogen-bond donors (Lipinski definition) is 0. The van der Waals surface area contributed by atoms with Crippen molar-refractivity contribution in [1.29, 1.82) is 0 Å². The molecule has 0 N–H and O–H groups in total. The summed E-state index contributed by atoms with van der Waals surface area (Å²) >= 11 is 5.99. The molecule has 0 radical (unpaired) electrons. The van der Waals surface area contributed by atoms with Gasteiger partial charge in [0.05, 0.1) is 30.1 Å². The highest BCUT2D eigenvalue weighted by Crippen LogP contribution is 2.48. The van der Waals surface area contributed by atoms with Crippen molar-refractivity contribution in [3.63, 3.8) is 0 Å². The highest BCUT2D eigenvalue weighted by atomic mass is 35.5. The lowest BCUT2D eigenvalue weighted by atomic mass is 9.90. The van der Waals surface area contributed by atoms with Gasteiger partial charge in [-0.2, -0.15) is 13.2 Å². The molecule has 3 atom stereocenters. The quantitative estimate of drug-likeness (QED) is 0.446. The number of benzene rings is 3. The maximum absolute atomic E-state index is 13.6. The highest BCUT2D eigenvalue weighted by molar-refractivity contribution is 6.30. The van der Waals surface area contributed by atoms with Crippen LogP contribution >= 0.6 is 11.6 Å². The van der Waals surface area contributed by atoms with Gasteiger partial charge in [-0.1, -0.05) is 23.7 Å². The normalized spacial score (nSPS) is 22.0. The first-order chi connectivity index (χ1) is 16.7. The van der Waals surface area contributed by atoms with Gasteiger partial charge < -0.3 is 4.74 Å². The van der Waals surface area contributed by atoms with Crippen LogP contribution < -0.4 is 14.7 Å². The molecule has 0 spiro atoms. The second kappa shape index (κ2) is 8.58. The van der Waals surface area contributed by atoms with Crippen LogP contribution in [-0.4, -0.2) is 25.0 Å². The summed E-state index contributed by atoms with van der Waals surface area (Å²) in [5.74, 6) is -1.48. The van der Waals surface area contributed by atoms with Crippen LogP contribution in [-0.2, 0) is 20.6 Å². The number of hydrogen-bond acceptors (Lipinski definition) is 5. The van der Waals surface area contributed by atoms with E-state index in [0.717, 1.165) is 17.0 Å². The number of methoxy groups -OCH3 is 1. The zero-order valence-electron chi connectivity index (χ0n) is 18.2. The Labute approximate surface area is 203 Å². The van der Waals surface area contributed by atoms with E-state index in [2.05, 4.69) is 0 Å². The van der Waals surface area contributed by atoms with Crippen molar-refractivity contribution in [3.8, 4) is 5.75 Å². The molecule has 0 saturated carbocycles. The summed E-state index contributed by atoms with van der Waals surface area (Å²) in [6.07, 6.45) is -5.65. The predicted molar refractivity (Wildman–Crippen MR) is 122 cm³/mol. The number of carbonyl (C=O) groups is 2. The molecule has 35 heavy (non-hydrogen) atoms. The van der Waals surface area contributed by atoms with Crippen LogP contribution in [0, 0.1) is 5.92 Å². The molecule has 2 aliphatic rings. The molecule has 2 aliphatic heterocycles. The second-order valence-electron chi connectivity index (χ2n) is 8.13. The molecular formula is C25H18ClF3N2O4. The van der Waals surface area contributed by atoms with Gasteiger partial charge in [0, 0.05) is 5.02 Å². The summed E-state index contributed by atoms with van der Waals surface area (Å²) in [6.45, 7) is 0. The number of hydroxylamine groups is 1. The molecule has 0 bridgehead atoms. The van der Waals surface area contributed by atoms with Crippen LogP contribution in [0.2, 0.25) is 5.02 Å². The van der Waals surface area contributed by atoms with Crippen molar-refractivity contribution in [1.82, 2.24) is 0 Å². The van der Waals surface area contributed by atoms with Crippen molar-refractivity contribution < 1.29 is 32.3 Å². The van der Waals surface area contributed by atoms with E-state index in [4.69, 9.17) is 21.2 Å². The molecule has 0 aromatic heterocycles. The highest BCUT2D eigenvalue weighted by Gasteiger charge is 2.60. The van der Waals surface area contributed by atoms with Crippen molar-refractivity contribution in [2.45, 2.75) is 18.3 Å². The van der Waals surface area contributed by atoms with Gasteiger partial charge in [-0.15, -0.1) is 0 Å². The van der Waals surface area contributed by atoms with E-state index >= 15 is 0 Å². The van der Waals surface area contributed by atoms with Gasteiger partial charge in [0.25, 0.3) is 5.91 Å². The molecule has 3 aromatic rings. The number of halogens is 4. The second-order valence-corrected chi connectivity index (χ2v) is 8.56. The Morgan fingerprint density at radius 2 is 1.46 bits per heavy atom. The fraction of sp³-hybridized carbons (Fsp3) is 0.200. The largest absolute Gasteiger partial charge is 0.497 e. The summed E-state index contributed by atoms with van der Waals surface area (Å²) in [6, 6.07) is 16.6. The molecule has 10 heteroatoms. The van der Waals surface area contributed by atoms with E-state index in [-0.39, 0.29) is 0 Å². The zero-order chi connectivity index (χ0) is 24.9. The smallest absolute Gasteiger partial charge is 0.416 e. The Hall–Kier alpha value is -3.56. The van der Waals surface area contributed by atoms with Crippen LogP contribution in [0.1, 0.15) is 17.2 Å². The number of rotatable bonds is 4. The summed E-state index contributed by atoms with van der Waals surface area (Å²) in [5, 5.41) is 1.87. The minimum atomic E-state index is -4.51. The zero-order valence-corrected chi connectivity index (χ0v) is 19.0. The van der Waals surface area contributed by atoms with Crippen molar-refractivity contribution >= 4 is 34.8 Å². The van der Waals surface area contributed by atoms with E-state index in [1.807, 2.05) is 0 Å². The van der Waals surface area contributed by atoms with Crippen molar-refractivity contribution in [2.24, 2.45) is 5.92 Å². The third-order valence-corrected chi connectivity index (χ3v) is 6.36. The van der Waals surface area contributed by atoms with Crippen LogP contribution in [0.25, 0.3) is 0 Å². The SMILES string of the molecule is COc1ccc(N2C(=O)[C@@H]3[C@@H](c4ccc(C(F)(F)F)cc4)N(c4ccc(Cl)cc4)O[C@H]3C2=O)cc1. The lowest BCUT2D eigenvalue weighted by molar-refractivity contribution is -0.137. The molecule has 0 aliphatic carbocycles. The Balaban J connectivity index is 1.55. The minimum absolute atomic E-state index is 0.350. The lowest BCUT2D eigenvalue weighted by Crippen LogP contribution is -2.37. The molecule has 2 fully saturated rings.